The molecule has 1 heterocycles. The van der Waals surface area contributed by atoms with Crippen LogP contribution in [0, 0.1) is 0 Å². The van der Waals surface area contributed by atoms with E-state index in [1.54, 1.807) is 11.8 Å². The van der Waals surface area contributed by atoms with Gasteiger partial charge in [0.2, 0.25) is 5.91 Å². The normalized spacial score (nSPS) is 18.9. The molecule has 0 fully saturated rings. The van der Waals surface area contributed by atoms with Crippen molar-refractivity contribution in [1.82, 2.24) is 0 Å². The molecule has 3 heteroatoms. The summed E-state index contributed by atoms with van der Waals surface area (Å²) in [4.78, 5) is 14.2. The third kappa shape index (κ3) is 1.79. The molecule has 1 amide bonds. The van der Waals surface area contributed by atoms with E-state index in [9.17, 15) is 4.79 Å². The van der Waals surface area contributed by atoms with Gasteiger partial charge in [0.15, 0.2) is 0 Å². The lowest BCUT2D eigenvalue weighted by Crippen LogP contribution is -2.37. The van der Waals surface area contributed by atoms with E-state index < -0.39 is 0 Å². The Hall–Kier alpha value is -1.22. The van der Waals surface area contributed by atoms with Crippen molar-refractivity contribution >= 4 is 30.3 Å². The van der Waals surface area contributed by atoms with E-state index in [0.717, 1.165) is 16.1 Å². The first-order valence-corrected chi connectivity index (χ1v) is 5.35. The highest BCUT2D eigenvalue weighted by molar-refractivity contribution is 7.80. The van der Waals surface area contributed by atoms with Gasteiger partial charge in [-0.25, -0.2) is 0 Å². The maximum Gasteiger partial charge on any atom is 0.224 e. The number of benzene rings is 1. The fraction of sp³-hybridized carbons (Fsp3) is 0.250. The minimum atomic E-state index is 0.0695. The van der Waals surface area contributed by atoms with Crippen molar-refractivity contribution in [2.24, 2.45) is 0 Å². The van der Waals surface area contributed by atoms with Crippen molar-refractivity contribution in [3.8, 4) is 0 Å². The Labute approximate surface area is 95.0 Å². The zero-order valence-electron chi connectivity index (χ0n) is 8.77. The number of thiol groups is 1. The molecule has 2 rings (SSSR count). The first kappa shape index (κ1) is 10.3. The molecule has 0 aliphatic carbocycles. The van der Waals surface area contributed by atoms with Gasteiger partial charge in [0.1, 0.15) is 0 Å². The molecule has 0 saturated heterocycles. The number of carbonyl (C=O) groups excluding carboxylic acids is 1. The van der Waals surface area contributed by atoms with Crippen LogP contribution in [0.5, 0.6) is 0 Å². The Morgan fingerprint density at radius 3 is 2.87 bits per heavy atom. The van der Waals surface area contributed by atoms with Gasteiger partial charge in [-0.3, -0.25) is 4.79 Å². The summed E-state index contributed by atoms with van der Waals surface area (Å²) in [6.07, 6.45) is 4.07. The summed E-state index contributed by atoms with van der Waals surface area (Å²) in [5, 5.41) is 0. The quantitative estimate of drug-likeness (QED) is 0.665. The van der Waals surface area contributed by atoms with Crippen molar-refractivity contribution < 1.29 is 4.79 Å². The van der Waals surface area contributed by atoms with Crippen molar-refractivity contribution in [3.63, 3.8) is 0 Å². The molecule has 15 heavy (non-hydrogen) atoms. The molecule has 78 valence electrons. The van der Waals surface area contributed by atoms with Gasteiger partial charge in [0, 0.05) is 11.8 Å². The number of fused-ring (bicyclic) bond motifs is 1. The smallest absolute Gasteiger partial charge is 0.224 e. The molecule has 1 aliphatic heterocycles. The average molecular weight is 219 g/mol. The van der Waals surface area contributed by atoms with Crippen LogP contribution < -0.4 is 4.90 Å². The van der Waals surface area contributed by atoms with Crippen LogP contribution in [0.1, 0.15) is 19.4 Å². The number of carbonyl (C=O) groups is 1. The first-order valence-electron chi connectivity index (χ1n) is 4.90. The Kier molecular flexibility index (Phi) is 2.57. The van der Waals surface area contributed by atoms with Crippen LogP contribution in [-0.4, -0.2) is 11.9 Å². The van der Waals surface area contributed by atoms with Gasteiger partial charge in [-0.15, -0.1) is 12.6 Å². The highest BCUT2D eigenvalue weighted by Crippen LogP contribution is 2.30. The molecule has 0 bridgehead atoms. The van der Waals surface area contributed by atoms with Gasteiger partial charge in [0.05, 0.1) is 11.7 Å². The number of amides is 1. The minimum Gasteiger partial charge on any atom is -0.305 e. The number of nitrogens with zero attached hydrogens (tertiary/aromatic N) is 1. The van der Waals surface area contributed by atoms with Gasteiger partial charge >= 0.3 is 0 Å². The Bertz CT molecular complexity index is 439. The summed E-state index contributed by atoms with van der Waals surface area (Å²) in [7, 11) is 0. The molecule has 0 aromatic heterocycles. The lowest BCUT2D eigenvalue weighted by atomic mass is 10.0. The highest BCUT2D eigenvalue weighted by atomic mass is 32.1. The lowest BCUT2D eigenvalue weighted by molar-refractivity contribution is -0.116. The Morgan fingerprint density at radius 1 is 1.47 bits per heavy atom. The number of hydrogen-bond donors (Lipinski definition) is 1. The molecule has 0 spiro atoms. The van der Waals surface area contributed by atoms with Crippen LogP contribution in [0.15, 0.2) is 29.2 Å². The van der Waals surface area contributed by atoms with Gasteiger partial charge in [0.25, 0.3) is 0 Å². The maximum atomic E-state index is 11.5. The van der Waals surface area contributed by atoms with Crippen LogP contribution in [-0.2, 0) is 4.79 Å². The number of hydrogen-bond acceptors (Lipinski definition) is 2. The Morgan fingerprint density at radius 2 is 2.20 bits per heavy atom. The van der Waals surface area contributed by atoms with Crippen LogP contribution in [0.25, 0.3) is 6.08 Å². The summed E-state index contributed by atoms with van der Waals surface area (Å²) in [5.74, 6) is 0.0695. The van der Waals surface area contributed by atoms with Crippen LogP contribution in [0.3, 0.4) is 0 Å². The predicted molar refractivity (Wildman–Crippen MR) is 65.4 cm³/mol. The summed E-state index contributed by atoms with van der Waals surface area (Å²) in [6.45, 7) is 3.60. The van der Waals surface area contributed by atoms with Crippen LogP contribution >= 0.6 is 12.6 Å². The fourth-order valence-corrected chi connectivity index (χ4v) is 2.11. The molecule has 0 N–H and O–H groups in total. The van der Waals surface area contributed by atoms with Crippen molar-refractivity contribution in [3.05, 3.63) is 29.8 Å². The van der Waals surface area contributed by atoms with E-state index in [1.807, 2.05) is 37.3 Å². The molecule has 0 radical (unpaired) electrons. The third-order valence-electron chi connectivity index (χ3n) is 2.57. The number of rotatable bonds is 0. The zero-order chi connectivity index (χ0) is 11.0. The van der Waals surface area contributed by atoms with Crippen LogP contribution in [0.2, 0.25) is 0 Å². The van der Waals surface area contributed by atoms with E-state index in [0.29, 0.717) is 0 Å². The molecule has 1 aliphatic rings. The second-order valence-electron chi connectivity index (χ2n) is 3.73. The summed E-state index contributed by atoms with van der Waals surface area (Å²) < 4.78 is 0. The third-order valence-corrected chi connectivity index (χ3v) is 2.85. The molecule has 0 saturated carbocycles. The predicted octanol–water partition coefficient (Wildman–Crippen LogP) is 2.74. The summed E-state index contributed by atoms with van der Waals surface area (Å²) in [5.41, 5.74) is 2.02. The van der Waals surface area contributed by atoms with Gasteiger partial charge < -0.3 is 4.90 Å². The molecular weight excluding hydrogens is 206 g/mol. The van der Waals surface area contributed by atoms with Crippen LogP contribution in [0.4, 0.5) is 5.69 Å². The van der Waals surface area contributed by atoms with Crippen molar-refractivity contribution in [1.29, 1.82) is 0 Å². The van der Waals surface area contributed by atoms with E-state index in [-0.39, 0.29) is 11.9 Å². The van der Waals surface area contributed by atoms with E-state index in [1.165, 1.54) is 0 Å². The van der Waals surface area contributed by atoms with Crippen molar-refractivity contribution in [2.45, 2.75) is 24.8 Å². The second-order valence-corrected chi connectivity index (χ2v) is 4.25. The first-order chi connectivity index (χ1) is 7.09. The largest absolute Gasteiger partial charge is 0.305 e. The minimum absolute atomic E-state index is 0.0695. The maximum absolute atomic E-state index is 11.5. The van der Waals surface area contributed by atoms with E-state index in [2.05, 4.69) is 12.6 Å². The van der Waals surface area contributed by atoms with Crippen molar-refractivity contribution in [2.75, 3.05) is 4.90 Å². The van der Waals surface area contributed by atoms with E-state index >= 15 is 0 Å². The lowest BCUT2D eigenvalue weighted by Gasteiger charge is -2.31. The summed E-state index contributed by atoms with van der Waals surface area (Å²) in [6, 6.07) is 5.94. The standard InChI is InChI=1S/C12H13NOS/c1-8-3-4-10-7-11(15)5-6-12(10)13(8)9(2)14/h3-8,15H,1-2H3. The topological polar surface area (TPSA) is 20.3 Å². The molecule has 1 aromatic carbocycles. The second kappa shape index (κ2) is 3.74. The fourth-order valence-electron chi connectivity index (χ4n) is 1.90. The zero-order valence-corrected chi connectivity index (χ0v) is 9.66. The van der Waals surface area contributed by atoms with Gasteiger partial charge in [-0.1, -0.05) is 12.2 Å². The molecule has 2 nitrogen and oxygen atoms in total. The Balaban J connectivity index is 2.55. The van der Waals surface area contributed by atoms with E-state index in [4.69, 9.17) is 0 Å². The average Bonchev–Trinajstić information content (AvgIpc) is 2.17. The molecule has 1 atom stereocenters. The monoisotopic (exact) mass is 219 g/mol. The molecular formula is C12H13NOS. The summed E-state index contributed by atoms with van der Waals surface area (Å²) >= 11 is 4.28. The molecule has 1 aromatic rings. The SMILES string of the molecule is CC(=O)N1c2ccc(S)cc2C=CC1C. The highest BCUT2D eigenvalue weighted by Gasteiger charge is 2.22. The van der Waals surface area contributed by atoms with Gasteiger partial charge in [-0.05, 0) is 30.7 Å². The van der Waals surface area contributed by atoms with Gasteiger partial charge in [-0.2, -0.15) is 0 Å². The molecule has 1 unspecified atom stereocenters. The number of anilines is 1.